The van der Waals surface area contributed by atoms with Crippen LogP contribution in [0.5, 0.6) is 0 Å². The number of anilines is 1. The van der Waals surface area contributed by atoms with Crippen molar-refractivity contribution >= 4 is 35.3 Å². The number of ketones is 1. The van der Waals surface area contributed by atoms with Gasteiger partial charge in [0.1, 0.15) is 11.3 Å². The molecule has 0 saturated carbocycles. The average Bonchev–Trinajstić information content (AvgIpc) is 3.46. The number of amides is 1. The molecule has 0 saturated heterocycles. The van der Waals surface area contributed by atoms with Crippen LogP contribution in [0.3, 0.4) is 0 Å². The Morgan fingerprint density at radius 1 is 1.00 bits per heavy atom. The van der Waals surface area contributed by atoms with Gasteiger partial charge in [-0.15, -0.1) is 10.2 Å². The van der Waals surface area contributed by atoms with Gasteiger partial charge in [0.25, 0.3) is 0 Å². The normalized spacial score (nSPS) is 10.9. The number of hydrogen-bond acceptors (Lipinski definition) is 8. The van der Waals surface area contributed by atoms with Gasteiger partial charge in [-0.2, -0.15) is 0 Å². The lowest BCUT2D eigenvalue weighted by atomic mass is 10.1. The zero-order valence-corrected chi connectivity index (χ0v) is 22.6. The summed E-state index contributed by atoms with van der Waals surface area (Å²) in [5, 5.41) is 11.9. The lowest BCUT2D eigenvalue weighted by Gasteiger charge is -2.12. The highest BCUT2D eigenvalue weighted by molar-refractivity contribution is 7.99. The van der Waals surface area contributed by atoms with Crippen molar-refractivity contribution in [3.8, 4) is 17.1 Å². The molecule has 0 fully saturated rings. The van der Waals surface area contributed by atoms with Gasteiger partial charge in [-0.25, -0.2) is 4.79 Å². The molecule has 196 valence electrons. The van der Waals surface area contributed by atoms with Crippen LogP contribution >= 0.6 is 11.8 Å². The summed E-state index contributed by atoms with van der Waals surface area (Å²) in [6.45, 7) is 8.73. The number of carbonyl (C=O) groups is 3. The number of aryl methyl sites for hydroxylation is 3. The molecule has 2 aromatic heterocycles. The van der Waals surface area contributed by atoms with Crippen LogP contribution in [0, 0.1) is 20.8 Å². The highest BCUT2D eigenvalue weighted by Gasteiger charge is 2.29. The molecular formula is C28H28N4O5S. The molecule has 0 radical (unpaired) electrons. The molecule has 0 atom stereocenters. The van der Waals surface area contributed by atoms with E-state index in [1.54, 1.807) is 13.8 Å². The molecule has 0 bridgehead atoms. The van der Waals surface area contributed by atoms with E-state index in [1.165, 1.54) is 18.7 Å². The van der Waals surface area contributed by atoms with Crippen LogP contribution in [0.2, 0.25) is 0 Å². The zero-order chi connectivity index (χ0) is 27.4. The van der Waals surface area contributed by atoms with Gasteiger partial charge in [-0.05, 0) is 57.9 Å². The number of nitrogens with one attached hydrogen (secondary N) is 1. The van der Waals surface area contributed by atoms with Crippen molar-refractivity contribution in [1.82, 2.24) is 14.8 Å². The van der Waals surface area contributed by atoms with E-state index in [2.05, 4.69) is 21.6 Å². The topological polar surface area (TPSA) is 116 Å². The predicted molar refractivity (Wildman–Crippen MR) is 145 cm³/mol. The summed E-state index contributed by atoms with van der Waals surface area (Å²) in [7, 11) is 0. The number of esters is 1. The number of aromatic nitrogens is 3. The minimum absolute atomic E-state index is 0.0464. The van der Waals surface area contributed by atoms with Crippen LogP contribution in [0.25, 0.3) is 17.1 Å². The van der Waals surface area contributed by atoms with E-state index >= 15 is 0 Å². The summed E-state index contributed by atoms with van der Waals surface area (Å²) < 4.78 is 12.6. The summed E-state index contributed by atoms with van der Waals surface area (Å²) in [6.07, 6.45) is 0. The number of thioether (sulfide) groups is 1. The number of ether oxygens (including phenoxy) is 1. The lowest BCUT2D eigenvalue weighted by molar-refractivity contribution is -0.113. The second kappa shape index (κ2) is 11.5. The van der Waals surface area contributed by atoms with Crippen molar-refractivity contribution in [3.63, 3.8) is 0 Å². The van der Waals surface area contributed by atoms with Crippen LogP contribution in [0.1, 0.15) is 51.5 Å². The largest absolute Gasteiger partial charge is 0.462 e. The molecule has 4 rings (SSSR count). The standard InChI is InChI=1S/C28H28N4O5S/c1-6-36-27(35)24-23(18(4)33)19(5)37-26(24)29-22(34)15-38-28-31-30-25(20-10-8-7-9-11-20)32(28)21-13-12-16(2)17(3)14-21/h7-14H,6,15H2,1-5H3,(H,29,34). The van der Waals surface area contributed by atoms with Crippen LogP contribution in [-0.2, 0) is 9.53 Å². The van der Waals surface area contributed by atoms with E-state index in [0.717, 1.165) is 22.4 Å². The lowest BCUT2D eigenvalue weighted by Crippen LogP contribution is -2.18. The fourth-order valence-corrected chi connectivity index (χ4v) is 4.73. The molecule has 0 aliphatic carbocycles. The van der Waals surface area contributed by atoms with Gasteiger partial charge >= 0.3 is 5.97 Å². The Hall–Kier alpha value is -4.18. The molecule has 38 heavy (non-hydrogen) atoms. The summed E-state index contributed by atoms with van der Waals surface area (Å²) >= 11 is 1.19. The van der Waals surface area contributed by atoms with E-state index in [0.29, 0.717) is 11.0 Å². The fourth-order valence-electron chi connectivity index (χ4n) is 3.98. The van der Waals surface area contributed by atoms with Crippen molar-refractivity contribution in [2.24, 2.45) is 0 Å². The van der Waals surface area contributed by atoms with E-state index in [1.807, 2.05) is 60.9 Å². The highest BCUT2D eigenvalue weighted by atomic mass is 32.2. The minimum Gasteiger partial charge on any atom is -0.462 e. The van der Waals surface area contributed by atoms with Crippen molar-refractivity contribution < 1.29 is 23.5 Å². The molecule has 4 aromatic rings. The number of nitrogens with zero attached hydrogens (tertiary/aromatic N) is 3. The molecule has 1 amide bonds. The third-order valence-corrected chi connectivity index (χ3v) is 6.84. The summed E-state index contributed by atoms with van der Waals surface area (Å²) in [4.78, 5) is 37.6. The highest BCUT2D eigenvalue weighted by Crippen LogP contribution is 2.31. The SMILES string of the molecule is CCOC(=O)c1c(NC(=O)CSc2nnc(-c3ccccc3)n2-c2ccc(C)c(C)c2)oc(C)c1C(C)=O. The molecule has 0 aliphatic heterocycles. The second-order valence-electron chi connectivity index (χ2n) is 8.63. The smallest absolute Gasteiger partial charge is 0.344 e. The van der Waals surface area contributed by atoms with Crippen LogP contribution < -0.4 is 5.32 Å². The first-order chi connectivity index (χ1) is 18.2. The number of furan rings is 1. The van der Waals surface area contributed by atoms with E-state index in [4.69, 9.17) is 9.15 Å². The Morgan fingerprint density at radius 2 is 1.74 bits per heavy atom. The predicted octanol–water partition coefficient (Wildman–Crippen LogP) is 5.56. The maximum Gasteiger partial charge on any atom is 0.344 e. The fraction of sp³-hybridized carbons (Fsp3) is 0.250. The third kappa shape index (κ3) is 5.55. The van der Waals surface area contributed by atoms with Crippen molar-refractivity contribution in [3.05, 3.63) is 76.5 Å². The van der Waals surface area contributed by atoms with Gasteiger partial charge in [0, 0.05) is 5.56 Å². The molecule has 0 unspecified atom stereocenters. The Morgan fingerprint density at radius 3 is 2.39 bits per heavy atom. The summed E-state index contributed by atoms with van der Waals surface area (Å²) in [5.41, 5.74) is 4.04. The Kier molecular flexibility index (Phi) is 8.11. The number of Topliss-reactive ketones (excluding diaryl/α,β-unsaturated/α-hetero) is 1. The summed E-state index contributed by atoms with van der Waals surface area (Å²) in [5.74, 6) is -0.828. The quantitative estimate of drug-likeness (QED) is 0.169. The minimum atomic E-state index is -0.737. The molecule has 10 heteroatoms. The van der Waals surface area contributed by atoms with Crippen molar-refractivity contribution in [2.45, 2.75) is 39.8 Å². The molecule has 1 N–H and O–H groups in total. The number of rotatable bonds is 9. The molecule has 2 aromatic carbocycles. The van der Waals surface area contributed by atoms with Crippen molar-refractivity contribution in [1.29, 1.82) is 0 Å². The van der Waals surface area contributed by atoms with E-state index in [9.17, 15) is 14.4 Å². The second-order valence-corrected chi connectivity index (χ2v) is 9.57. The Bertz CT molecular complexity index is 1510. The van der Waals surface area contributed by atoms with E-state index in [-0.39, 0.29) is 40.9 Å². The van der Waals surface area contributed by atoms with Crippen LogP contribution in [0.15, 0.2) is 58.1 Å². The van der Waals surface area contributed by atoms with Gasteiger partial charge in [0.15, 0.2) is 16.8 Å². The number of carbonyl (C=O) groups excluding carboxylic acids is 3. The molecule has 0 spiro atoms. The van der Waals surface area contributed by atoms with Crippen molar-refractivity contribution in [2.75, 3.05) is 17.7 Å². The summed E-state index contributed by atoms with van der Waals surface area (Å²) in [6, 6.07) is 15.8. The average molecular weight is 533 g/mol. The first-order valence-electron chi connectivity index (χ1n) is 12.0. The number of hydrogen-bond donors (Lipinski definition) is 1. The first kappa shape index (κ1) is 26.9. The molecule has 2 heterocycles. The molecule has 0 aliphatic rings. The zero-order valence-electron chi connectivity index (χ0n) is 21.8. The van der Waals surface area contributed by atoms with Gasteiger partial charge < -0.3 is 9.15 Å². The Labute approximate surface area is 224 Å². The number of benzene rings is 2. The molecular weight excluding hydrogens is 504 g/mol. The van der Waals surface area contributed by atoms with Crippen LogP contribution in [-0.4, -0.2) is 44.8 Å². The van der Waals surface area contributed by atoms with Crippen LogP contribution in [0.4, 0.5) is 5.88 Å². The maximum absolute atomic E-state index is 12.9. The monoisotopic (exact) mass is 532 g/mol. The van der Waals surface area contributed by atoms with E-state index < -0.39 is 11.9 Å². The maximum atomic E-state index is 12.9. The third-order valence-electron chi connectivity index (χ3n) is 5.92. The van der Waals surface area contributed by atoms with Gasteiger partial charge in [0.2, 0.25) is 11.8 Å². The molecule has 9 nitrogen and oxygen atoms in total. The Balaban J connectivity index is 1.62. The van der Waals surface area contributed by atoms with Gasteiger partial charge in [-0.1, -0.05) is 48.2 Å². The first-order valence-corrected chi connectivity index (χ1v) is 13.0. The van der Waals surface area contributed by atoms with Gasteiger partial charge in [0.05, 0.1) is 23.6 Å². The van der Waals surface area contributed by atoms with Gasteiger partial charge in [-0.3, -0.25) is 19.5 Å².